The lowest BCUT2D eigenvalue weighted by atomic mass is 10.1. The molecule has 0 rings (SSSR count). The number of carbonyl (C=O) groups is 1. The summed E-state index contributed by atoms with van der Waals surface area (Å²) >= 11 is 0. The van der Waals surface area contributed by atoms with Crippen molar-refractivity contribution in [2.45, 2.75) is 25.3 Å². The van der Waals surface area contributed by atoms with E-state index in [2.05, 4.69) is 0 Å². The van der Waals surface area contributed by atoms with Crippen molar-refractivity contribution in [2.75, 3.05) is 6.54 Å². The zero-order valence-corrected chi connectivity index (χ0v) is 9.59. The fourth-order valence-electron chi connectivity index (χ4n) is 0.632. The smallest absolute Gasteiger partial charge is 0.320 e. The molecular weight excluding hydrogens is 238 g/mol. The minimum absolute atomic E-state index is 0. The summed E-state index contributed by atoms with van der Waals surface area (Å²) in [6.07, 6.45) is 2.16. The summed E-state index contributed by atoms with van der Waals surface area (Å²) in [6.45, 7) is 0.604. The molecule has 0 saturated carbocycles. The number of aliphatic carboxylic acids is 1. The summed E-state index contributed by atoms with van der Waals surface area (Å²) in [7, 11) is 0. The standard InChI is InChI=1S/C6H14N2O2.3ClH/c7-4-2-1-3-5(8)6(9)10;;;/h5H,1-4,7-8H2,(H,9,10);3*1H/t5-;;;/m1.../s1. The van der Waals surface area contributed by atoms with Gasteiger partial charge in [-0.3, -0.25) is 4.79 Å². The van der Waals surface area contributed by atoms with Gasteiger partial charge in [0.25, 0.3) is 0 Å². The monoisotopic (exact) mass is 254 g/mol. The van der Waals surface area contributed by atoms with Crippen molar-refractivity contribution in [3.63, 3.8) is 0 Å². The van der Waals surface area contributed by atoms with Gasteiger partial charge in [0, 0.05) is 0 Å². The van der Waals surface area contributed by atoms with Gasteiger partial charge in [-0.15, -0.1) is 37.2 Å². The first-order valence-corrected chi connectivity index (χ1v) is 3.37. The van der Waals surface area contributed by atoms with Crippen molar-refractivity contribution >= 4 is 43.2 Å². The summed E-state index contributed by atoms with van der Waals surface area (Å²) in [5, 5.41) is 8.33. The second-order valence-electron chi connectivity index (χ2n) is 2.23. The average Bonchev–Trinajstić information content (AvgIpc) is 1.88. The summed E-state index contributed by atoms with van der Waals surface area (Å²) in [5.74, 6) is -0.933. The molecule has 0 aliphatic rings. The summed E-state index contributed by atoms with van der Waals surface area (Å²) in [6, 6.07) is -0.716. The molecule has 0 aromatic carbocycles. The molecule has 0 aromatic heterocycles. The molecule has 0 aromatic rings. The molecule has 7 heteroatoms. The van der Waals surface area contributed by atoms with Crippen LogP contribution in [-0.2, 0) is 4.79 Å². The number of hydrogen-bond donors (Lipinski definition) is 3. The van der Waals surface area contributed by atoms with E-state index in [0.717, 1.165) is 12.8 Å². The largest absolute Gasteiger partial charge is 0.480 e. The Morgan fingerprint density at radius 1 is 1.23 bits per heavy atom. The predicted octanol–water partition coefficient (Wildman–Crippen LogP) is 0.793. The van der Waals surface area contributed by atoms with Crippen LogP contribution < -0.4 is 11.5 Å². The summed E-state index contributed by atoms with van der Waals surface area (Å²) in [4.78, 5) is 10.1. The van der Waals surface area contributed by atoms with E-state index < -0.39 is 12.0 Å². The van der Waals surface area contributed by atoms with Crippen LogP contribution in [0.15, 0.2) is 0 Å². The molecule has 0 bridgehead atoms. The fraction of sp³-hybridized carbons (Fsp3) is 0.833. The summed E-state index contributed by atoms with van der Waals surface area (Å²) < 4.78 is 0. The molecular formula is C6H17Cl3N2O2. The number of halogens is 3. The van der Waals surface area contributed by atoms with Crippen LogP contribution in [0.3, 0.4) is 0 Å². The lowest BCUT2D eigenvalue weighted by Crippen LogP contribution is -2.29. The van der Waals surface area contributed by atoms with E-state index in [-0.39, 0.29) is 37.2 Å². The second-order valence-corrected chi connectivity index (χ2v) is 2.23. The molecule has 5 N–H and O–H groups in total. The first-order valence-electron chi connectivity index (χ1n) is 3.37. The first kappa shape index (κ1) is 23.2. The minimum atomic E-state index is -0.933. The number of carboxylic acid groups (broad SMARTS) is 1. The third kappa shape index (κ3) is 15.1. The van der Waals surface area contributed by atoms with Gasteiger partial charge >= 0.3 is 5.97 Å². The Kier molecular flexibility index (Phi) is 26.4. The number of hydrogen-bond acceptors (Lipinski definition) is 3. The Morgan fingerprint density at radius 3 is 2.00 bits per heavy atom. The number of rotatable bonds is 5. The SMILES string of the molecule is Cl.Cl.Cl.NCCCC[C@@H](N)C(=O)O. The molecule has 0 amide bonds. The molecule has 0 aliphatic carbocycles. The van der Waals surface area contributed by atoms with E-state index in [1.54, 1.807) is 0 Å². The van der Waals surface area contributed by atoms with Gasteiger partial charge in [0.1, 0.15) is 6.04 Å². The molecule has 0 fully saturated rings. The first-order chi connectivity index (χ1) is 4.68. The number of nitrogens with two attached hydrogens (primary N) is 2. The minimum Gasteiger partial charge on any atom is -0.480 e. The van der Waals surface area contributed by atoms with Crippen LogP contribution in [0.5, 0.6) is 0 Å². The highest BCUT2D eigenvalue weighted by molar-refractivity contribution is 5.86. The quantitative estimate of drug-likeness (QED) is 0.634. The van der Waals surface area contributed by atoms with Crippen LogP contribution >= 0.6 is 37.2 Å². The van der Waals surface area contributed by atoms with Gasteiger partial charge in [0.15, 0.2) is 0 Å². The molecule has 4 nitrogen and oxygen atoms in total. The van der Waals surface area contributed by atoms with Crippen LogP contribution in [0.25, 0.3) is 0 Å². The van der Waals surface area contributed by atoms with Gasteiger partial charge in [0.05, 0.1) is 0 Å². The maximum Gasteiger partial charge on any atom is 0.320 e. The van der Waals surface area contributed by atoms with Gasteiger partial charge in [-0.05, 0) is 19.4 Å². The third-order valence-corrected chi connectivity index (χ3v) is 1.29. The Balaban J connectivity index is -0.000000135. The highest BCUT2D eigenvalue weighted by atomic mass is 35.5. The van der Waals surface area contributed by atoms with Crippen LogP contribution in [0.2, 0.25) is 0 Å². The number of unbranched alkanes of at least 4 members (excludes halogenated alkanes) is 1. The van der Waals surface area contributed by atoms with Gasteiger partial charge in [0.2, 0.25) is 0 Å². The molecule has 1 atom stereocenters. The maximum absolute atomic E-state index is 10.1. The van der Waals surface area contributed by atoms with Crippen LogP contribution in [-0.4, -0.2) is 23.7 Å². The Bertz CT molecular complexity index is 116. The molecule has 0 saturated heterocycles. The Hall–Kier alpha value is 0.260. The van der Waals surface area contributed by atoms with Gasteiger partial charge in [-0.2, -0.15) is 0 Å². The van der Waals surface area contributed by atoms with Gasteiger partial charge in [-0.1, -0.05) is 6.42 Å². The molecule has 84 valence electrons. The van der Waals surface area contributed by atoms with E-state index in [1.165, 1.54) is 0 Å². The molecule has 0 radical (unpaired) electrons. The Morgan fingerprint density at radius 2 is 1.69 bits per heavy atom. The molecule has 0 aliphatic heterocycles. The zero-order chi connectivity index (χ0) is 7.98. The van der Waals surface area contributed by atoms with Crippen molar-refractivity contribution < 1.29 is 9.90 Å². The van der Waals surface area contributed by atoms with E-state index in [9.17, 15) is 4.79 Å². The average molecular weight is 256 g/mol. The zero-order valence-electron chi connectivity index (χ0n) is 7.14. The molecule has 0 heterocycles. The van der Waals surface area contributed by atoms with E-state index in [1.807, 2.05) is 0 Å². The predicted molar refractivity (Wildman–Crippen MR) is 60.3 cm³/mol. The second kappa shape index (κ2) is 14.8. The number of carboxylic acids is 1. The molecule has 0 spiro atoms. The topological polar surface area (TPSA) is 89.3 Å². The van der Waals surface area contributed by atoms with Crippen molar-refractivity contribution in [3.05, 3.63) is 0 Å². The molecule has 13 heavy (non-hydrogen) atoms. The van der Waals surface area contributed by atoms with Crippen molar-refractivity contribution in [1.29, 1.82) is 0 Å². The third-order valence-electron chi connectivity index (χ3n) is 1.29. The Labute approximate surface area is 96.7 Å². The van der Waals surface area contributed by atoms with Crippen LogP contribution in [0.1, 0.15) is 19.3 Å². The highest BCUT2D eigenvalue weighted by Crippen LogP contribution is 1.96. The van der Waals surface area contributed by atoms with E-state index >= 15 is 0 Å². The van der Waals surface area contributed by atoms with Crippen molar-refractivity contribution in [2.24, 2.45) is 11.5 Å². The van der Waals surface area contributed by atoms with Crippen molar-refractivity contribution in [1.82, 2.24) is 0 Å². The maximum atomic E-state index is 10.1. The van der Waals surface area contributed by atoms with Crippen LogP contribution in [0, 0.1) is 0 Å². The summed E-state index contributed by atoms with van der Waals surface area (Å²) in [5.41, 5.74) is 10.4. The fourth-order valence-corrected chi connectivity index (χ4v) is 0.632. The van der Waals surface area contributed by atoms with Gasteiger partial charge < -0.3 is 16.6 Å². The van der Waals surface area contributed by atoms with E-state index in [0.29, 0.717) is 13.0 Å². The van der Waals surface area contributed by atoms with Gasteiger partial charge in [-0.25, -0.2) is 0 Å². The van der Waals surface area contributed by atoms with Crippen molar-refractivity contribution in [3.8, 4) is 0 Å². The lowest BCUT2D eigenvalue weighted by molar-refractivity contribution is -0.138. The lowest BCUT2D eigenvalue weighted by Gasteiger charge is -2.03. The van der Waals surface area contributed by atoms with E-state index in [4.69, 9.17) is 16.6 Å². The highest BCUT2D eigenvalue weighted by Gasteiger charge is 2.09. The molecule has 0 unspecified atom stereocenters. The normalized spacial score (nSPS) is 10.0. The van der Waals surface area contributed by atoms with Crippen LogP contribution in [0.4, 0.5) is 0 Å².